The van der Waals surface area contributed by atoms with Gasteiger partial charge >= 0.3 is 0 Å². The molecule has 0 fully saturated rings. The lowest BCUT2D eigenvalue weighted by molar-refractivity contribution is 0.316. The maximum Gasteiger partial charge on any atom is 0.192 e. The highest BCUT2D eigenvalue weighted by molar-refractivity contribution is 5.86. The number of hydrogen-bond acceptors (Lipinski definition) is 4. The van der Waals surface area contributed by atoms with Crippen LogP contribution in [0.2, 0.25) is 0 Å². The lowest BCUT2D eigenvalue weighted by Gasteiger charge is -2.19. The van der Waals surface area contributed by atoms with E-state index in [-0.39, 0.29) is 0 Å². The summed E-state index contributed by atoms with van der Waals surface area (Å²) in [6.45, 7) is 16.4. The van der Waals surface area contributed by atoms with Crippen LogP contribution in [0.5, 0.6) is 0 Å². The Bertz CT molecular complexity index is 628. The number of benzene rings is 1. The van der Waals surface area contributed by atoms with E-state index < -0.39 is 0 Å². The summed E-state index contributed by atoms with van der Waals surface area (Å²) in [6, 6.07) is 6.37. The molecule has 0 unspecified atom stereocenters. The number of nitrogens with zero attached hydrogens (tertiary/aromatic N) is 2. The van der Waals surface area contributed by atoms with Crippen molar-refractivity contribution in [1.82, 2.24) is 4.90 Å². The molecule has 0 saturated carbocycles. The number of allylic oxidation sites excluding steroid dienone is 1. The van der Waals surface area contributed by atoms with Gasteiger partial charge in [-0.1, -0.05) is 26.5 Å². The second-order valence-corrected chi connectivity index (χ2v) is 5.71. The van der Waals surface area contributed by atoms with Crippen LogP contribution in [0.15, 0.2) is 41.6 Å². The summed E-state index contributed by atoms with van der Waals surface area (Å²) in [4.78, 5) is 6.86. The van der Waals surface area contributed by atoms with E-state index in [1.165, 1.54) is 11.3 Å². The summed E-state index contributed by atoms with van der Waals surface area (Å²) in [5.74, 6) is 1.26. The molecule has 0 aliphatic carbocycles. The summed E-state index contributed by atoms with van der Waals surface area (Å²) in [6.07, 6.45) is 1.87. The Morgan fingerprint density at radius 3 is 2.57 bits per heavy atom. The van der Waals surface area contributed by atoms with Gasteiger partial charge in [-0.2, -0.15) is 0 Å². The van der Waals surface area contributed by atoms with Crippen LogP contribution in [0.4, 0.5) is 5.69 Å². The number of anilines is 1. The number of nitrogens with one attached hydrogen (secondary N) is 1. The zero-order chi connectivity index (χ0) is 16.8. The Balaban J connectivity index is 2.05. The molecular formula is C19H27N3O. The first kappa shape index (κ1) is 17.3. The quantitative estimate of drug-likeness (QED) is 0.825. The van der Waals surface area contributed by atoms with Gasteiger partial charge in [0.2, 0.25) is 0 Å². The van der Waals surface area contributed by atoms with E-state index >= 15 is 0 Å². The van der Waals surface area contributed by atoms with Gasteiger partial charge in [-0.3, -0.25) is 0 Å². The van der Waals surface area contributed by atoms with Crippen LogP contribution in [0, 0.1) is 6.92 Å². The van der Waals surface area contributed by atoms with Crippen molar-refractivity contribution in [1.29, 1.82) is 0 Å². The van der Waals surface area contributed by atoms with Gasteiger partial charge in [-0.25, -0.2) is 4.99 Å². The SMILES string of the molecule is C=C1C=C(c2ccc(NCCN(CC)CC)c(C)c2)N=C(C)O1. The number of aryl methyl sites for hydroxylation is 1. The van der Waals surface area contributed by atoms with Gasteiger partial charge in [0.25, 0.3) is 0 Å². The average Bonchev–Trinajstić information content (AvgIpc) is 2.52. The highest BCUT2D eigenvalue weighted by Gasteiger charge is 2.10. The monoisotopic (exact) mass is 313 g/mol. The maximum absolute atomic E-state index is 5.35. The van der Waals surface area contributed by atoms with E-state index in [0.29, 0.717) is 11.7 Å². The fourth-order valence-corrected chi connectivity index (χ4v) is 2.65. The zero-order valence-corrected chi connectivity index (χ0v) is 14.6. The molecule has 4 heteroatoms. The summed E-state index contributed by atoms with van der Waals surface area (Å²) in [5, 5.41) is 3.52. The largest absolute Gasteiger partial charge is 0.444 e. The molecule has 0 atom stereocenters. The molecule has 1 heterocycles. The molecule has 0 amide bonds. The van der Waals surface area contributed by atoms with Crippen molar-refractivity contribution in [2.24, 2.45) is 4.99 Å². The van der Waals surface area contributed by atoms with Crippen LogP contribution in [0.1, 0.15) is 31.9 Å². The minimum atomic E-state index is 0.631. The van der Waals surface area contributed by atoms with E-state index in [1.54, 1.807) is 0 Å². The van der Waals surface area contributed by atoms with Crippen molar-refractivity contribution in [2.45, 2.75) is 27.7 Å². The second-order valence-electron chi connectivity index (χ2n) is 5.71. The molecule has 1 aromatic carbocycles. The van der Waals surface area contributed by atoms with E-state index in [2.05, 4.69) is 60.8 Å². The van der Waals surface area contributed by atoms with Crippen LogP contribution in [-0.4, -0.2) is 37.0 Å². The molecule has 1 aliphatic heterocycles. The normalized spacial score (nSPS) is 14.4. The van der Waals surface area contributed by atoms with Gasteiger partial charge in [0, 0.05) is 37.3 Å². The first-order valence-corrected chi connectivity index (χ1v) is 8.24. The van der Waals surface area contributed by atoms with E-state index in [4.69, 9.17) is 4.74 Å². The molecule has 2 rings (SSSR count). The molecule has 23 heavy (non-hydrogen) atoms. The summed E-state index contributed by atoms with van der Waals surface area (Å²) in [7, 11) is 0. The van der Waals surface area contributed by atoms with E-state index in [9.17, 15) is 0 Å². The first-order chi connectivity index (χ1) is 11.0. The van der Waals surface area contributed by atoms with Crippen molar-refractivity contribution < 1.29 is 4.74 Å². The number of aliphatic imine (C=N–C) groups is 1. The average molecular weight is 313 g/mol. The highest BCUT2D eigenvalue weighted by Crippen LogP contribution is 2.26. The molecule has 0 aromatic heterocycles. The Hall–Kier alpha value is -2.07. The van der Waals surface area contributed by atoms with Crippen molar-refractivity contribution >= 4 is 17.3 Å². The molecule has 0 radical (unpaired) electrons. The summed E-state index contributed by atoms with van der Waals surface area (Å²) in [5.41, 5.74) is 4.37. The van der Waals surface area contributed by atoms with Crippen molar-refractivity contribution in [3.05, 3.63) is 47.7 Å². The molecule has 0 bridgehead atoms. The molecule has 0 saturated heterocycles. The molecule has 1 aliphatic rings. The fourth-order valence-electron chi connectivity index (χ4n) is 2.65. The van der Waals surface area contributed by atoms with Crippen LogP contribution >= 0.6 is 0 Å². The lowest BCUT2D eigenvalue weighted by Crippen LogP contribution is -2.28. The molecule has 0 spiro atoms. The second kappa shape index (κ2) is 7.97. The molecular weight excluding hydrogens is 286 g/mol. The number of ether oxygens (including phenoxy) is 1. The topological polar surface area (TPSA) is 36.9 Å². The van der Waals surface area contributed by atoms with Crippen molar-refractivity contribution in [3.8, 4) is 0 Å². The minimum absolute atomic E-state index is 0.631. The molecule has 4 nitrogen and oxygen atoms in total. The maximum atomic E-state index is 5.35. The van der Waals surface area contributed by atoms with Crippen molar-refractivity contribution in [2.75, 3.05) is 31.5 Å². The highest BCUT2D eigenvalue weighted by atomic mass is 16.5. The predicted octanol–water partition coefficient (Wildman–Crippen LogP) is 4.05. The van der Waals surface area contributed by atoms with Gasteiger partial charge in [0.1, 0.15) is 5.76 Å². The van der Waals surface area contributed by atoms with Gasteiger partial charge < -0.3 is 15.0 Å². The fraction of sp³-hybridized carbons (Fsp3) is 0.421. The third-order valence-corrected chi connectivity index (χ3v) is 4.01. The molecule has 124 valence electrons. The Morgan fingerprint density at radius 2 is 1.96 bits per heavy atom. The number of hydrogen-bond donors (Lipinski definition) is 1. The summed E-state index contributed by atoms with van der Waals surface area (Å²) >= 11 is 0. The molecule has 1 aromatic rings. The van der Waals surface area contributed by atoms with E-state index in [1.807, 2.05) is 13.0 Å². The smallest absolute Gasteiger partial charge is 0.192 e. The summed E-state index contributed by atoms with van der Waals surface area (Å²) < 4.78 is 5.35. The first-order valence-electron chi connectivity index (χ1n) is 8.24. The Kier molecular flexibility index (Phi) is 5.99. The van der Waals surface area contributed by atoms with Crippen LogP contribution < -0.4 is 5.32 Å². The third kappa shape index (κ3) is 4.70. The van der Waals surface area contributed by atoms with E-state index in [0.717, 1.165) is 37.4 Å². The zero-order valence-electron chi connectivity index (χ0n) is 14.6. The standard InChI is InChI=1S/C19H27N3O/c1-6-22(7-2)11-10-20-18-9-8-17(12-14(18)3)19-13-15(4)23-16(5)21-19/h8-9,12-13,20H,4,6-7,10-11H2,1-3,5H3. The van der Waals surface area contributed by atoms with Crippen molar-refractivity contribution in [3.63, 3.8) is 0 Å². The molecule has 1 N–H and O–H groups in total. The van der Waals surface area contributed by atoms with Gasteiger partial charge in [-0.05, 0) is 37.7 Å². The Labute approximate surface area is 139 Å². The predicted molar refractivity (Wildman–Crippen MR) is 98.8 cm³/mol. The number of likely N-dealkylation sites (N-methyl/N-ethyl adjacent to an activating group) is 1. The van der Waals surface area contributed by atoms with Gasteiger partial charge in [-0.15, -0.1) is 0 Å². The third-order valence-electron chi connectivity index (χ3n) is 4.01. The minimum Gasteiger partial charge on any atom is -0.444 e. The number of rotatable bonds is 7. The Morgan fingerprint density at radius 1 is 1.22 bits per heavy atom. The lowest BCUT2D eigenvalue weighted by atomic mass is 10.1. The van der Waals surface area contributed by atoms with Gasteiger partial charge in [0.05, 0.1) is 5.70 Å². The van der Waals surface area contributed by atoms with Crippen LogP contribution in [0.25, 0.3) is 5.70 Å². The van der Waals surface area contributed by atoms with Crippen LogP contribution in [0.3, 0.4) is 0 Å². The van der Waals surface area contributed by atoms with Crippen LogP contribution in [-0.2, 0) is 4.74 Å². The van der Waals surface area contributed by atoms with Gasteiger partial charge in [0.15, 0.2) is 5.90 Å².